The van der Waals surface area contributed by atoms with E-state index in [2.05, 4.69) is 15.8 Å². The molecule has 7 heteroatoms. The van der Waals surface area contributed by atoms with Gasteiger partial charge in [0.05, 0.1) is 17.1 Å². The fourth-order valence-electron chi connectivity index (χ4n) is 2.16. The molecule has 0 spiro atoms. The van der Waals surface area contributed by atoms with E-state index in [0.717, 1.165) is 4.90 Å². The first-order valence-corrected chi connectivity index (χ1v) is 7.34. The Bertz CT molecular complexity index is 720. The molecule has 3 rings (SSSR count). The summed E-state index contributed by atoms with van der Waals surface area (Å²) in [4.78, 5) is 24.6. The Morgan fingerprint density at radius 2 is 2.24 bits per heavy atom. The Kier molecular flexibility index (Phi) is 3.42. The first kappa shape index (κ1) is 13.7. The van der Waals surface area contributed by atoms with E-state index in [1.807, 2.05) is 6.07 Å². The van der Waals surface area contributed by atoms with Crippen LogP contribution in [0.2, 0.25) is 0 Å². The van der Waals surface area contributed by atoms with E-state index in [9.17, 15) is 9.59 Å². The van der Waals surface area contributed by atoms with Gasteiger partial charge in [-0.05, 0) is 32.0 Å². The zero-order valence-electron chi connectivity index (χ0n) is 11.5. The van der Waals surface area contributed by atoms with Crippen LogP contribution in [-0.4, -0.2) is 22.7 Å². The lowest BCUT2D eigenvalue weighted by Gasteiger charge is -2.17. The summed E-state index contributed by atoms with van der Waals surface area (Å²) < 4.78 is 4.99. The highest BCUT2D eigenvalue weighted by Gasteiger charge is 2.19. The van der Waals surface area contributed by atoms with Crippen LogP contribution < -0.4 is 10.6 Å². The smallest absolute Gasteiger partial charge is 0.261 e. The molecular formula is C14H13N3O3S. The first-order chi connectivity index (χ1) is 10.0. The molecule has 0 bridgehead atoms. The molecule has 0 aliphatic carbocycles. The van der Waals surface area contributed by atoms with Crippen molar-refractivity contribution in [3.63, 3.8) is 0 Å². The summed E-state index contributed by atoms with van der Waals surface area (Å²) >= 11 is 1.48. The second-order valence-corrected chi connectivity index (χ2v) is 5.72. The van der Waals surface area contributed by atoms with Gasteiger partial charge in [0, 0.05) is 10.6 Å². The highest BCUT2D eigenvalue weighted by Crippen LogP contribution is 2.33. The van der Waals surface area contributed by atoms with Gasteiger partial charge in [0.25, 0.3) is 5.91 Å². The number of anilines is 2. The molecule has 2 amide bonds. The van der Waals surface area contributed by atoms with Gasteiger partial charge in [-0.2, -0.15) is 0 Å². The Hall–Kier alpha value is -2.28. The van der Waals surface area contributed by atoms with Gasteiger partial charge in [0.2, 0.25) is 5.91 Å². The molecule has 0 fully saturated rings. The summed E-state index contributed by atoms with van der Waals surface area (Å²) in [5, 5.41) is 9.34. The standard InChI is InChI=1S/C14H13N3O3S/c1-7-13(8(2)20-17-7)14(19)15-9-3-4-11-10(5-9)16-12(18)6-21-11/h3-5H,6H2,1-2H3,(H,15,19)(H,16,18). The molecule has 108 valence electrons. The fourth-order valence-corrected chi connectivity index (χ4v) is 2.95. The number of rotatable bonds is 2. The molecule has 1 aromatic heterocycles. The van der Waals surface area contributed by atoms with Crippen LogP contribution in [0.4, 0.5) is 11.4 Å². The summed E-state index contributed by atoms with van der Waals surface area (Å²) in [5.74, 6) is 0.576. The molecule has 2 heterocycles. The molecule has 0 unspecified atom stereocenters. The maximum Gasteiger partial charge on any atom is 0.261 e. The van der Waals surface area contributed by atoms with E-state index >= 15 is 0 Å². The molecule has 6 nitrogen and oxygen atoms in total. The highest BCUT2D eigenvalue weighted by molar-refractivity contribution is 8.00. The van der Waals surface area contributed by atoms with E-state index in [0.29, 0.717) is 34.1 Å². The summed E-state index contributed by atoms with van der Waals surface area (Å²) in [6, 6.07) is 5.43. The van der Waals surface area contributed by atoms with Gasteiger partial charge >= 0.3 is 0 Å². The molecular weight excluding hydrogens is 290 g/mol. The average molecular weight is 303 g/mol. The Morgan fingerprint density at radius 1 is 1.43 bits per heavy atom. The molecule has 2 N–H and O–H groups in total. The average Bonchev–Trinajstić information content (AvgIpc) is 2.77. The number of hydrogen-bond acceptors (Lipinski definition) is 5. The summed E-state index contributed by atoms with van der Waals surface area (Å²) in [5.41, 5.74) is 2.31. The molecule has 1 aliphatic heterocycles. The minimum atomic E-state index is -0.277. The van der Waals surface area contributed by atoms with E-state index in [1.54, 1.807) is 26.0 Å². The van der Waals surface area contributed by atoms with Crippen molar-refractivity contribution in [2.45, 2.75) is 18.7 Å². The second-order valence-electron chi connectivity index (χ2n) is 4.70. The van der Waals surface area contributed by atoms with Crippen molar-refractivity contribution in [2.24, 2.45) is 0 Å². The topological polar surface area (TPSA) is 84.2 Å². The number of nitrogens with zero attached hydrogens (tertiary/aromatic N) is 1. The number of hydrogen-bond donors (Lipinski definition) is 2. The number of benzene rings is 1. The molecule has 0 radical (unpaired) electrons. The lowest BCUT2D eigenvalue weighted by molar-refractivity contribution is -0.113. The maximum absolute atomic E-state index is 12.2. The van der Waals surface area contributed by atoms with Gasteiger partial charge in [-0.1, -0.05) is 5.16 Å². The van der Waals surface area contributed by atoms with E-state index in [4.69, 9.17) is 4.52 Å². The minimum Gasteiger partial charge on any atom is -0.361 e. The molecule has 1 aromatic carbocycles. The van der Waals surface area contributed by atoms with Crippen LogP contribution in [0.1, 0.15) is 21.8 Å². The summed E-state index contributed by atoms with van der Waals surface area (Å²) in [6.45, 7) is 3.41. The van der Waals surface area contributed by atoms with Crippen LogP contribution >= 0.6 is 11.8 Å². The lowest BCUT2D eigenvalue weighted by atomic mass is 10.2. The van der Waals surface area contributed by atoms with Crippen molar-refractivity contribution < 1.29 is 14.1 Å². The third kappa shape index (κ3) is 2.64. The highest BCUT2D eigenvalue weighted by atomic mass is 32.2. The van der Waals surface area contributed by atoms with Crippen LogP contribution in [0.15, 0.2) is 27.6 Å². The predicted molar refractivity (Wildman–Crippen MR) is 79.7 cm³/mol. The van der Waals surface area contributed by atoms with Gasteiger partial charge in [-0.3, -0.25) is 9.59 Å². The molecule has 0 atom stereocenters. The molecule has 1 aliphatic rings. The van der Waals surface area contributed by atoms with Gasteiger partial charge in [0.1, 0.15) is 11.3 Å². The third-order valence-electron chi connectivity index (χ3n) is 3.13. The van der Waals surface area contributed by atoms with Crippen molar-refractivity contribution in [3.8, 4) is 0 Å². The zero-order valence-corrected chi connectivity index (χ0v) is 12.3. The van der Waals surface area contributed by atoms with Gasteiger partial charge in [-0.15, -0.1) is 11.8 Å². The van der Waals surface area contributed by atoms with Crippen LogP contribution in [0.25, 0.3) is 0 Å². The normalized spacial score (nSPS) is 13.5. The second kappa shape index (κ2) is 5.25. The van der Waals surface area contributed by atoms with E-state index < -0.39 is 0 Å². The quantitative estimate of drug-likeness (QED) is 0.891. The first-order valence-electron chi connectivity index (χ1n) is 6.35. The van der Waals surface area contributed by atoms with Gasteiger partial charge in [-0.25, -0.2) is 0 Å². The number of aromatic nitrogens is 1. The number of carbonyl (C=O) groups is 2. The van der Waals surface area contributed by atoms with Crippen LogP contribution in [-0.2, 0) is 4.79 Å². The Balaban J connectivity index is 1.84. The van der Waals surface area contributed by atoms with Crippen LogP contribution in [0.3, 0.4) is 0 Å². The van der Waals surface area contributed by atoms with Crippen molar-refractivity contribution in [3.05, 3.63) is 35.2 Å². The van der Waals surface area contributed by atoms with Crippen LogP contribution in [0, 0.1) is 13.8 Å². The number of nitrogens with one attached hydrogen (secondary N) is 2. The summed E-state index contributed by atoms with van der Waals surface area (Å²) in [6.07, 6.45) is 0. The SMILES string of the molecule is Cc1noc(C)c1C(=O)Nc1ccc2c(c1)NC(=O)CS2. The monoisotopic (exact) mass is 303 g/mol. The molecule has 21 heavy (non-hydrogen) atoms. The maximum atomic E-state index is 12.2. The van der Waals surface area contributed by atoms with Gasteiger partial charge < -0.3 is 15.2 Å². The molecule has 0 saturated carbocycles. The van der Waals surface area contributed by atoms with Gasteiger partial charge in [0.15, 0.2) is 0 Å². The Morgan fingerprint density at radius 3 is 2.95 bits per heavy atom. The largest absolute Gasteiger partial charge is 0.361 e. The predicted octanol–water partition coefficient (Wildman–Crippen LogP) is 2.59. The van der Waals surface area contributed by atoms with Crippen molar-refractivity contribution >= 4 is 35.0 Å². The number of amides is 2. The fraction of sp³-hybridized carbons (Fsp3) is 0.214. The van der Waals surface area contributed by atoms with Crippen LogP contribution in [0.5, 0.6) is 0 Å². The minimum absolute atomic E-state index is 0.0401. The number of thioether (sulfide) groups is 1. The van der Waals surface area contributed by atoms with E-state index in [1.165, 1.54) is 11.8 Å². The van der Waals surface area contributed by atoms with Crippen molar-refractivity contribution in [1.82, 2.24) is 5.16 Å². The third-order valence-corrected chi connectivity index (χ3v) is 4.20. The summed E-state index contributed by atoms with van der Waals surface area (Å²) in [7, 11) is 0. The number of carbonyl (C=O) groups excluding carboxylic acids is 2. The lowest BCUT2D eigenvalue weighted by Crippen LogP contribution is -2.19. The molecule has 0 saturated heterocycles. The Labute approximate surface area is 125 Å². The molecule has 2 aromatic rings. The van der Waals surface area contributed by atoms with Crippen molar-refractivity contribution in [2.75, 3.05) is 16.4 Å². The zero-order chi connectivity index (χ0) is 15.0. The number of fused-ring (bicyclic) bond motifs is 1. The number of aryl methyl sites for hydroxylation is 2. The van der Waals surface area contributed by atoms with Crippen molar-refractivity contribution in [1.29, 1.82) is 0 Å². The van der Waals surface area contributed by atoms with E-state index in [-0.39, 0.29) is 11.8 Å².